The molecule has 1 aliphatic heterocycles. The molecule has 0 aromatic carbocycles. The monoisotopic (exact) mass is 297 g/mol. The SMILES string of the molecule is CCCCN(CCO)C(=O)NC1CCN(C2CCCC2)C1. The highest BCUT2D eigenvalue weighted by atomic mass is 16.3. The van der Waals surface area contributed by atoms with E-state index in [9.17, 15) is 4.79 Å². The van der Waals surface area contributed by atoms with Crippen molar-refractivity contribution in [1.29, 1.82) is 0 Å². The summed E-state index contributed by atoms with van der Waals surface area (Å²) >= 11 is 0. The van der Waals surface area contributed by atoms with Crippen molar-refractivity contribution in [3.8, 4) is 0 Å². The fourth-order valence-corrected chi connectivity index (χ4v) is 3.56. The number of amides is 2. The molecule has 1 saturated heterocycles. The molecule has 2 amide bonds. The molecular weight excluding hydrogens is 266 g/mol. The van der Waals surface area contributed by atoms with E-state index >= 15 is 0 Å². The van der Waals surface area contributed by atoms with Gasteiger partial charge in [0.1, 0.15) is 0 Å². The number of aliphatic hydroxyl groups is 1. The predicted octanol–water partition coefficient (Wildman–Crippen LogP) is 1.81. The largest absolute Gasteiger partial charge is 0.395 e. The molecule has 2 rings (SSSR count). The summed E-state index contributed by atoms with van der Waals surface area (Å²) in [5.74, 6) is 0. The fourth-order valence-electron chi connectivity index (χ4n) is 3.56. The van der Waals surface area contributed by atoms with Crippen LogP contribution in [0.25, 0.3) is 0 Å². The van der Waals surface area contributed by atoms with Crippen molar-refractivity contribution in [3.63, 3.8) is 0 Å². The second kappa shape index (κ2) is 8.59. The summed E-state index contributed by atoms with van der Waals surface area (Å²) in [4.78, 5) is 16.6. The van der Waals surface area contributed by atoms with Gasteiger partial charge in [0.15, 0.2) is 0 Å². The Labute approximate surface area is 128 Å². The van der Waals surface area contributed by atoms with E-state index in [0.29, 0.717) is 6.54 Å². The van der Waals surface area contributed by atoms with E-state index < -0.39 is 0 Å². The lowest BCUT2D eigenvalue weighted by Crippen LogP contribution is -2.47. The van der Waals surface area contributed by atoms with Crippen LogP contribution in [0.4, 0.5) is 4.79 Å². The van der Waals surface area contributed by atoms with Crippen LogP contribution in [0.15, 0.2) is 0 Å². The van der Waals surface area contributed by atoms with E-state index in [1.54, 1.807) is 4.90 Å². The average Bonchev–Trinajstić information content (AvgIpc) is 3.13. The molecule has 1 aliphatic carbocycles. The van der Waals surface area contributed by atoms with Crippen LogP contribution in [0.2, 0.25) is 0 Å². The first kappa shape index (κ1) is 16.6. The molecule has 2 aliphatic rings. The number of nitrogens with one attached hydrogen (secondary N) is 1. The van der Waals surface area contributed by atoms with Crippen LogP contribution in [0.1, 0.15) is 51.9 Å². The molecule has 1 heterocycles. The molecule has 2 N–H and O–H groups in total. The minimum Gasteiger partial charge on any atom is -0.395 e. The number of urea groups is 1. The highest BCUT2D eigenvalue weighted by Crippen LogP contribution is 2.26. The average molecular weight is 297 g/mol. The Hall–Kier alpha value is -0.810. The van der Waals surface area contributed by atoms with Crippen LogP contribution in [0.3, 0.4) is 0 Å². The molecule has 0 aromatic rings. The van der Waals surface area contributed by atoms with Crippen LogP contribution in [0.5, 0.6) is 0 Å². The van der Waals surface area contributed by atoms with Crippen LogP contribution in [0, 0.1) is 0 Å². The van der Waals surface area contributed by atoms with Crippen LogP contribution < -0.4 is 5.32 Å². The maximum Gasteiger partial charge on any atom is 0.317 e. The Morgan fingerprint density at radius 1 is 1.29 bits per heavy atom. The summed E-state index contributed by atoms with van der Waals surface area (Å²) < 4.78 is 0. The Morgan fingerprint density at radius 2 is 2.05 bits per heavy atom. The molecule has 1 saturated carbocycles. The van der Waals surface area contributed by atoms with Gasteiger partial charge in [0.05, 0.1) is 6.61 Å². The zero-order valence-corrected chi connectivity index (χ0v) is 13.4. The lowest BCUT2D eigenvalue weighted by molar-refractivity contribution is 0.172. The Balaban J connectivity index is 1.76. The van der Waals surface area contributed by atoms with Gasteiger partial charge in [-0.2, -0.15) is 0 Å². The normalized spacial score (nSPS) is 23.6. The summed E-state index contributed by atoms with van der Waals surface area (Å²) in [6, 6.07) is 1.03. The molecule has 0 spiro atoms. The molecule has 0 aromatic heterocycles. The van der Waals surface area contributed by atoms with E-state index in [-0.39, 0.29) is 18.7 Å². The number of rotatable bonds is 7. The number of aliphatic hydroxyl groups excluding tert-OH is 1. The van der Waals surface area contributed by atoms with Crippen molar-refractivity contribution in [2.24, 2.45) is 0 Å². The van der Waals surface area contributed by atoms with E-state index in [1.807, 2.05) is 0 Å². The number of carbonyl (C=O) groups excluding carboxylic acids is 1. The smallest absolute Gasteiger partial charge is 0.317 e. The lowest BCUT2D eigenvalue weighted by atomic mass is 10.2. The van der Waals surface area contributed by atoms with Crippen LogP contribution in [-0.2, 0) is 0 Å². The summed E-state index contributed by atoms with van der Waals surface area (Å²) in [5, 5.41) is 12.3. The van der Waals surface area contributed by atoms with Gasteiger partial charge in [-0.15, -0.1) is 0 Å². The highest BCUT2D eigenvalue weighted by molar-refractivity contribution is 5.74. The Morgan fingerprint density at radius 3 is 2.71 bits per heavy atom. The van der Waals surface area contributed by atoms with Crippen molar-refractivity contribution in [1.82, 2.24) is 15.1 Å². The van der Waals surface area contributed by atoms with Crippen molar-refractivity contribution in [2.45, 2.75) is 64.0 Å². The zero-order chi connectivity index (χ0) is 15.1. The van der Waals surface area contributed by atoms with E-state index in [2.05, 4.69) is 17.1 Å². The summed E-state index contributed by atoms with van der Waals surface area (Å²) in [7, 11) is 0. The van der Waals surface area contributed by atoms with Gasteiger partial charge >= 0.3 is 6.03 Å². The highest BCUT2D eigenvalue weighted by Gasteiger charge is 2.31. The summed E-state index contributed by atoms with van der Waals surface area (Å²) in [6.07, 6.45) is 8.49. The summed E-state index contributed by atoms with van der Waals surface area (Å²) in [6.45, 7) is 5.44. The molecule has 2 fully saturated rings. The molecular formula is C16H31N3O2. The third kappa shape index (κ3) is 4.85. The van der Waals surface area contributed by atoms with E-state index in [4.69, 9.17) is 5.11 Å². The second-order valence-corrected chi connectivity index (χ2v) is 6.43. The van der Waals surface area contributed by atoms with E-state index in [0.717, 1.165) is 44.9 Å². The van der Waals surface area contributed by atoms with Gasteiger partial charge in [-0.25, -0.2) is 4.79 Å². The first-order chi connectivity index (χ1) is 10.2. The van der Waals surface area contributed by atoms with Crippen LogP contribution >= 0.6 is 0 Å². The second-order valence-electron chi connectivity index (χ2n) is 6.43. The topological polar surface area (TPSA) is 55.8 Å². The molecule has 0 bridgehead atoms. The van der Waals surface area contributed by atoms with Crippen LogP contribution in [-0.4, -0.2) is 65.8 Å². The molecule has 122 valence electrons. The molecule has 21 heavy (non-hydrogen) atoms. The predicted molar refractivity (Wildman–Crippen MR) is 84.3 cm³/mol. The number of hydrogen-bond acceptors (Lipinski definition) is 3. The van der Waals surface area contributed by atoms with Gasteiger partial charge in [0, 0.05) is 38.3 Å². The maximum absolute atomic E-state index is 12.3. The first-order valence-electron chi connectivity index (χ1n) is 8.65. The quantitative estimate of drug-likeness (QED) is 0.753. The van der Waals surface area contributed by atoms with Gasteiger partial charge in [0.2, 0.25) is 0 Å². The van der Waals surface area contributed by atoms with Gasteiger partial charge in [-0.05, 0) is 25.7 Å². The van der Waals surface area contributed by atoms with E-state index in [1.165, 1.54) is 25.7 Å². The maximum atomic E-state index is 12.3. The fraction of sp³-hybridized carbons (Fsp3) is 0.938. The van der Waals surface area contributed by atoms with Gasteiger partial charge in [0.25, 0.3) is 0 Å². The standard InChI is InChI=1S/C16H31N3O2/c1-2-3-9-18(11-12-20)16(21)17-14-8-10-19(13-14)15-6-4-5-7-15/h14-15,20H,2-13H2,1H3,(H,17,21). The molecule has 1 atom stereocenters. The summed E-state index contributed by atoms with van der Waals surface area (Å²) in [5.41, 5.74) is 0. The third-order valence-electron chi connectivity index (χ3n) is 4.83. The minimum absolute atomic E-state index is 0.00391. The van der Waals surface area contributed by atoms with Gasteiger partial charge < -0.3 is 15.3 Å². The third-order valence-corrected chi connectivity index (χ3v) is 4.83. The minimum atomic E-state index is -0.00391. The van der Waals surface area contributed by atoms with Crippen molar-refractivity contribution in [3.05, 3.63) is 0 Å². The number of hydrogen-bond donors (Lipinski definition) is 2. The molecule has 5 nitrogen and oxygen atoms in total. The lowest BCUT2D eigenvalue weighted by Gasteiger charge is -2.26. The number of likely N-dealkylation sites (tertiary alicyclic amines) is 1. The van der Waals surface area contributed by atoms with Crippen molar-refractivity contribution in [2.75, 3.05) is 32.8 Å². The number of unbranched alkanes of at least 4 members (excludes halogenated alkanes) is 1. The Kier molecular flexibility index (Phi) is 6.77. The number of carbonyl (C=O) groups is 1. The first-order valence-corrected chi connectivity index (χ1v) is 8.65. The number of nitrogens with zero attached hydrogens (tertiary/aromatic N) is 2. The molecule has 0 radical (unpaired) electrons. The van der Waals surface area contributed by atoms with Crippen molar-refractivity contribution < 1.29 is 9.90 Å². The van der Waals surface area contributed by atoms with Crippen molar-refractivity contribution >= 4 is 6.03 Å². The molecule has 1 unspecified atom stereocenters. The molecule has 5 heteroatoms. The van der Waals surface area contributed by atoms with Gasteiger partial charge in [-0.3, -0.25) is 4.90 Å². The Bertz CT molecular complexity index is 319. The van der Waals surface area contributed by atoms with Gasteiger partial charge in [-0.1, -0.05) is 26.2 Å². The zero-order valence-electron chi connectivity index (χ0n) is 13.4.